The van der Waals surface area contributed by atoms with Gasteiger partial charge in [-0.2, -0.15) is 0 Å². The minimum atomic E-state index is -4.81. The molecule has 0 radical (unpaired) electrons. The molecule has 0 saturated carbocycles. The maximum atomic E-state index is 12.3. The second kappa shape index (κ2) is 8.21. The van der Waals surface area contributed by atoms with E-state index in [9.17, 15) is 18.0 Å². The minimum Gasteiger partial charge on any atom is -0.404 e. The highest BCUT2D eigenvalue weighted by molar-refractivity contribution is 5.92. The van der Waals surface area contributed by atoms with Gasteiger partial charge in [0.05, 0.1) is 24.8 Å². The highest BCUT2D eigenvalue weighted by Gasteiger charge is 2.32. The van der Waals surface area contributed by atoms with Crippen molar-refractivity contribution < 1.29 is 27.4 Å². The van der Waals surface area contributed by atoms with Crippen LogP contribution >= 0.6 is 12.4 Å². The SMILES string of the molecule is Cl.O=C(CC1CNCCO1)Nc1ccccc1OC(F)(F)F. The third-order valence-electron chi connectivity index (χ3n) is 2.80. The Kier molecular flexibility index (Phi) is 6.92. The third-order valence-corrected chi connectivity index (χ3v) is 2.80. The highest BCUT2D eigenvalue weighted by atomic mass is 35.5. The summed E-state index contributed by atoms with van der Waals surface area (Å²) in [5.41, 5.74) is -0.0245. The summed E-state index contributed by atoms with van der Waals surface area (Å²) >= 11 is 0. The predicted molar refractivity (Wildman–Crippen MR) is 76.2 cm³/mol. The van der Waals surface area contributed by atoms with Gasteiger partial charge in [0, 0.05) is 13.1 Å². The van der Waals surface area contributed by atoms with Crippen molar-refractivity contribution in [2.24, 2.45) is 0 Å². The molecule has 5 nitrogen and oxygen atoms in total. The highest BCUT2D eigenvalue weighted by Crippen LogP contribution is 2.30. The van der Waals surface area contributed by atoms with Crippen molar-refractivity contribution in [3.8, 4) is 5.75 Å². The fourth-order valence-electron chi connectivity index (χ4n) is 1.94. The number of morpholine rings is 1. The largest absolute Gasteiger partial charge is 0.573 e. The lowest BCUT2D eigenvalue weighted by Crippen LogP contribution is -2.40. The van der Waals surface area contributed by atoms with E-state index in [0.29, 0.717) is 13.2 Å². The maximum Gasteiger partial charge on any atom is 0.573 e. The van der Waals surface area contributed by atoms with Crippen molar-refractivity contribution in [2.75, 3.05) is 25.0 Å². The Morgan fingerprint density at radius 1 is 1.41 bits per heavy atom. The summed E-state index contributed by atoms with van der Waals surface area (Å²) in [6, 6.07) is 5.39. The zero-order valence-corrected chi connectivity index (χ0v) is 12.3. The number of carbonyl (C=O) groups is 1. The van der Waals surface area contributed by atoms with E-state index in [1.54, 1.807) is 0 Å². The quantitative estimate of drug-likeness (QED) is 0.883. The zero-order valence-electron chi connectivity index (χ0n) is 11.5. The van der Waals surface area contributed by atoms with E-state index in [-0.39, 0.29) is 30.6 Å². The summed E-state index contributed by atoms with van der Waals surface area (Å²) in [6.07, 6.45) is -5.03. The number of halogens is 4. The summed E-state index contributed by atoms with van der Waals surface area (Å²) in [5.74, 6) is -0.872. The van der Waals surface area contributed by atoms with E-state index in [2.05, 4.69) is 15.4 Å². The van der Waals surface area contributed by atoms with Crippen LogP contribution in [0.5, 0.6) is 5.75 Å². The minimum absolute atomic E-state index is 0. The summed E-state index contributed by atoms with van der Waals surface area (Å²) < 4.78 is 46.0. The van der Waals surface area contributed by atoms with Gasteiger partial charge in [-0.15, -0.1) is 25.6 Å². The van der Waals surface area contributed by atoms with Crippen LogP contribution in [-0.2, 0) is 9.53 Å². The monoisotopic (exact) mass is 340 g/mol. The lowest BCUT2D eigenvalue weighted by Gasteiger charge is -2.23. The smallest absolute Gasteiger partial charge is 0.404 e. The topological polar surface area (TPSA) is 59.6 Å². The van der Waals surface area contributed by atoms with Crippen LogP contribution in [0.3, 0.4) is 0 Å². The Morgan fingerprint density at radius 2 is 2.14 bits per heavy atom. The average Bonchev–Trinajstić information content (AvgIpc) is 2.40. The number of ether oxygens (including phenoxy) is 2. The summed E-state index contributed by atoms with van der Waals surface area (Å²) in [4.78, 5) is 11.8. The van der Waals surface area contributed by atoms with E-state index < -0.39 is 18.0 Å². The van der Waals surface area contributed by atoms with Crippen LogP contribution in [0.2, 0.25) is 0 Å². The number of nitrogens with one attached hydrogen (secondary N) is 2. The number of amides is 1. The van der Waals surface area contributed by atoms with E-state index >= 15 is 0 Å². The first kappa shape index (κ1) is 18.5. The van der Waals surface area contributed by atoms with Crippen LogP contribution in [0, 0.1) is 0 Å². The van der Waals surface area contributed by atoms with E-state index in [0.717, 1.165) is 12.6 Å². The molecule has 1 saturated heterocycles. The van der Waals surface area contributed by atoms with Gasteiger partial charge in [-0.3, -0.25) is 4.79 Å². The molecule has 9 heteroatoms. The Balaban J connectivity index is 0.00000242. The molecule has 2 rings (SSSR count). The summed E-state index contributed by atoms with van der Waals surface area (Å²) in [5, 5.41) is 5.48. The Hall–Kier alpha value is -1.51. The first-order valence-corrected chi connectivity index (χ1v) is 6.41. The molecule has 22 heavy (non-hydrogen) atoms. The fourth-order valence-corrected chi connectivity index (χ4v) is 1.94. The van der Waals surface area contributed by atoms with Crippen molar-refractivity contribution in [1.29, 1.82) is 0 Å². The normalized spacial score (nSPS) is 18.2. The first-order chi connectivity index (χ1) is 9.94. The molecule has 1 aliphatic rings. The lowest BCUT2D eigenvalue weighted by atomic mass is 10.2. The molecule has 1 atom stereocenters. The van der Waals surface area contributed by atoms with E-state index in [4.69, 9.17) is 4.74 Å². The average molecular weight is 341 g/mol. The van der Waals surface area contributed by atoms with Gasteiger partial charge in [0.2, 0.25) is 5.91 Å². The molecule has 1 heterocycles. The molecule has 1 aliphatic heterocycles. The Bertz CT molecular complexity index is 494. The van der Waals surface area contributed by atoms with Crippen LogP contribution in [0.1, 0.15) is 6.42 Å². The number of anilines is 1. The van der Waals surface area contributed by atoms with Crippen LogP contribution in [0.25, 0.3) is 0 Å². The maximum absolute atomic E-state index is 12.3. The molecule has 0 aliphatic carbocycles. The van der Waals surface area contributed by atoms with Gasteiger partial charge in [-0.05, 0) is 12.1 Å². The molecule has 1 fully saturated rings. The molecule has 0 spiro atoms. The second-order valence-corrected chi connectivity index (χ2v) is 4.49. The standard InChI is InChI=1S/C13H15F3N2O3.ClH/c14-13(15,16)21-11-4-2-1-3-10(11)18-12(19)7-9-8-17-5-6-20-9;/h1-4,9,17H,5-8H2,(H,18,19);1H. The van der Waals surface area contributed by atoms with E-state index in [1.807, 2.05) is 0 Å². The molecule has 1 unspecified atom stereocenters. The van der Waals surface area contributed by atoms with Crippen LogP contribution in [0.15, 0.2) is 24.3 Å². The number of benzene rings is 1. The number of alkyl halides is 3. The van der Waals surface area contributed by atoms with Crippen LogP contribution in [-0.4, -0.2) is 38.1 Å². The van der Waals surface area contributed by atoms with Gasteiger partial charge >= 0.3 is 6.36 Å². The molecule has 0 aromatic heterocycles. The van der Waals surface area contributed by atoms with Crippen molar-refractivity contribution in [3.63, 3.8) is 0 Å². The number of rotatable bonds is 4. The molecule has 124 valence electrons. The predicted octanol–water partition coefficient (Wildman–Crippen LogP) is 2.32. The fraction of sp³-hybridized carbons (Fsp3) is 0.462. The Morgan fingerprint density at radius 3 is 2.77 bits per heavy atom. The van der Waals surface area contributed by atoms with E-state index in [1.165, 1.54) is 18.2 Å². The van der Waals surface area contributed by atoms with Gasteiger partial charge in [0.25, 0.3) is 0 Å². The van der Waals surface area contributed by atoms with Gasteiger partial charge in [0.1, 0.15) is 0 Å². The van der Waals surface area contributed by atoms with Crippen molar-refractivity contribution >= 4 is 24.0 Å². The van der Waals surface area contributed by atoms with Crippen LogP contribution < -0.4 is 15.4 Å². The molecule has 1 amide bonds. The van der Waals surface area contributed by atoms with Crippen LogP contribution in [0.4, 0.5) is 18.9 Å². The number of hydrogen-bond donors (Lipinski definition) is 2. The van der Waals surface area contributed by atoms with Crippen molar-refractivity contribution in [2.45, 2.75) is 18.9 Å². The van der Waals surface area contributed by atoms with Crippen molar-refractivity contribution in [3.05, 3.63) is 24.3 Å². The van der Waals surface area contributed by atoms with Gasteiger partial charge in [-0.1, -0.05) is 12.1 Å². The molecular formula is C13H16ClF3N2O3. The first-order valence-electron chi connectivity index (χ1n) is 6.41. The summed E-state index contributed by atoms with van der Waals surface area (Å²) in [6.45, 7) is 1.76. The number of hydrogen-bond acceptors (Lipinski definition) is 4. The number of para-hydroxylation sites is 2. The molecule has 2 N–H and O–H groups in total. The molecule has 1 aromatic carbocycles. The van der Waals surface area contributed by atoms with Crippen molar-refractivity contribution in [1.82, 2.24) is 5.32 Å². The third kappa shape index (κ3) is 6.08. The Labute approximate surface area is 131 Å². The number of carbonyl (C=O) groups excluding carboxylic acids is 1. The molecular weight excluding hydrogens is 325 g/mol. The second-order valence-electron chi connectivity index (χ2n) is 4.49. The zero-order chi connectivity index (χ0) is 15.3. The molecule has 0 bridgehead atoms. The molecule has 1 aromatic rings. The summed E-state index contributed by atoms with van der Waals surface area (Å²) in [7, 11) is 0. The van der Waals surface area contributed by atoms with Gasteiger partial charge < -0.3 is 20.1 Å². The lowest BCUT2D eigenvalue weighted by molar-refractivity contribution is -0.274. The van der Waals surface area contributed by atoms with Gasteiger partial charge in [0.15, 0.2) is 5.75 Å². The van der Waals surface area contributed by atoms with Gasteiger partial charge in [-0.25, -0.2) is 0 Å².